The van der Waals surface area contributed by atoms with Gasteiger partial charge < -0.3 is 19.7 Å². The molecule has 3 N–H and O–H groups in total. The number of nitrogens with zero attached hydrogens (tertiary/aromatic N) is 5. The maximum absolute atomic E-state index is 11.5. The van der Waals surface area contributed by atoms with Gasteiger partial charge in [0.2, 0.25) is 5.88 Å². The largest absolute Gasteiger partial charge is 0.508 e. The number of ether oxygens (including phenoxy) is 2. The molecule has 0 bridgehead atoms. The second-order valence-corrected chi connectivity index (χ2v) is 9.41. The molecule has 0 saturated heterocycles. The van der Waals surface area contributed by atoms with E-state index in [0.29, 0.717) is 35.7 Å². The highest BCUT2D eigenvalue weighted by Gasteiger charge is 2.54. The lowest BCUT2D eigenvalue weighted by molar-refractivity contribution is -0.175. The van der Waals surface area contributed by atoms with Crippen molar-refractivity contribution in [3.05, 3.63) is 76.1 Å². The molecule has 0 amide bonds. The zero-order valence-corrected chi connectivity index (χ0v) is 20.0. The fourth-order valence-electron chi connectivity index (χ4n) is 4.14. The zero-order valence-electron chi connectivity index (χ0n) is 20.0. The SMILES string of the molecule is CC1(C)Oc2ccc(-c3nnnn3CCc3ccc(O)cc3)cc2[C@H](Oc2ccc(=O)[nH]n2)[C@@]1(C)O. The van der Waals surface area contributed by atoms with Crippen LogP contribution in [0.1, 0.15) is 38.0 Å². The summed E-state index contributed by atoms with van der Waals surface area (Å²) in [6.07, 6.45) is -0.199. The third kappa shape index (κ3) is 4.29. The van der Waals surface area contributed by atoms with Crippen LogP contribution < -0.4 is 15.0 Å². The molecule has 11 nitrogen and oxygen atoms in total. The molecule has 0 radical (unpaired) electrons. The molecular weight excluding hydrogens is 464 g/mol. The topological polar surface area (TPSA) is 148 Å². The summed E-state index contributed by atoms with van der Waals surface area (Å²) in [5.74, 6) is 1.47. The Labute approximate surface area is 206 Å². The van der Waals surface area contributed by atoms with Gasteiger partial charge in [-0.25, -0.2) is 9.78 Å². The maximum atomic E-state index is 11.5. The first kappa shape index (κ1) is 23.5. The molecule has 1 aliphatic heterocycles. The number of aromatic nitrogens is 6. The summed E-state index contributed by atoms with van der Waals surface area (Å²) < 4.78 is 14.0. The predicted octanol–water partition coefficient (Wildman–Crippen LogP) is 2.41. The lowest BCUT2D eigenvalue weighted by atomic mass is 9.76. The van der Waals surface area contributed by atoms with Crippen LogP contribution in [0.4, 0.5) is 0 Å². The van der Waals surface area contributed by atoms with Crippen molar-refractivity contribution in [1.29, 1.82) is 0 Å². The Hall–Kier alpha value is -4.25. The minimum Gasteiger partial charge on any atom is -0.508 e. The molecule has 5 rings (SSSR count). The average molecular weight is 491 g/mol. The van der Waals surface area contributed by atoms with Crippen molar-refractivity contribution in [3.63, 3.8) is 0 Å². The van der Waals surface area contributed by atoms with Gasteiger partial charge in [0.05, 0.1) is 0 Å². The van der Waals surface area contributed by atoms with Crippen molar-refractivity contribution >= 4 is 0 Å². The minimum atomic E-state index is -1.46. The van der Waals surface area contributed by atoms with Crippen LogP contribution in [0.15, 0.2) is 59.4 Å². The van der Waals surface area contributed by atoms with E-state index in [1.165, 1.54) is 12.1 Å². The van der Waals surface area contributed by atoms with Crippen molar-refractivity contribution in [3.8, 4) is 28.8 Å². The summed E-state index contributed by atoms with van der Waals surface area (Å²) in [6.45, 7) is 5.72. The summed E-state index contributed by atoms with van der Waals surface area (Å²) >= 11 is 0. The van der Waals surface area contributed by atoms with E-state index in [4.69, 9.17) is 9.47 Å². The molecule has 2 aromatic carbocycles. The molecule has 0 aliphatic carbocycles. The van der Waals surface area contributed by atoms with Crippen LogP contribution in [0, 0.1) is 0 Å². The van der Waals surface area contributed by atoms with Gasteiger partial charge in [0.1, 0.15) is 22.7 Å². The summed E-state index contributed by atoms with van der Waals surface area (Å²) in [5.41, 5.74) is -0.456. The van der Waals surface area contributed by atoms with Crippen LogP contribution in [0.25, 0.3) is 11.4 Å². The van der Waals surface area contributed by atoms with E-state index in [-0.39, 0.29) is 17.2 Å². The maximum Gasteiger partial charge on any atom is 0.264 e. The average Bonchev–Trinajstić information content (AvgIpc) is 3.31. The molecule has 3 heterocycles. The first-order valence-corrected chi connectivity index (χ1v) is 11.5. The Morgan fingerprint density at radius 2 is 1.89 bits per heavy atom. The normalized spacial score (nSPS) is 20.4. The number of fused-ring (bicyclic) bond motifs is 1. The Balaban J connectivity index is 1.49. The summed E-state index contributed by atoms with van der Waals surface area (Å²) in [4.78, 5) is 11.4. The van der Waals surface area contributed by atoms with Crippen LogP contribution in [0.5, 0.6) is 17.4 Å². The molecule has 0 saturated carbocycles. The number of phenols is 1. The van der Waals surface area contributed by atoms with Crippen LogP contribution in [0.2, 0.25) is 0 Å². The number of phenolic OH excluding ortho intramolecular Hbond substituents is 1. The molecular formula is C25H26N6O5. The van der Waals surface area contributed by atoms with E-state index in [0.717, 1.165) is 5.56 Å². The van der Waals surface area contributed by atoms with Gasteiger partial charge in [-0.15, -0.1) is 10.2 Å². The lowest BCUT2D eigenvalue weighted by Gasteiger charge is -2.48. The summed E-state index contributed by atoms with van der Waals surface area (Å²) in [5, 5.41) is 39.5. The second kappa shape index (κ2) is 8.76. The van der Waals surface area contributed by atoms with Gasteiger partial charge in [-0.3, -0.25) is 4.79 Å². The van der Waals surface area contributed by atoms with Gasteiger partial charge in [-0.05, 0) is 73.5 Å². The van der Waals surface area contributed by atoms with Crippen LogP contribution in [0.3, 0.4) is 0 Å². The Kier molecular flexibility index (Phi) is 5.71. The monoisotopic (exact) mass is 490 g/mol. The van der Waals surface area contributed by atoms with Crippen LogP contribution >= 0.6 is 0 Å². The fourth-order valence-corrected chi connectivity index (χ4v) is 4.14. The van der Waals surface area contributed by atoms with Gasteiger partial charge in [0.15, 0.2) is 11.9 Å². The number of rotatable bonds is 6. The summed E-state index contributed by atoms with van der Waals surface area (Å²) in [7, 11) is 0. The third-order valence-electron chi connectivity index (χ3n) is 6.62. The van der Waals surface area contributed by atoms with E-state index in [9.17, 15) is 15.0 Å². The van der Waals surface area contributed by atoms with Gasteiger partial charge in [-0.1, -0.05) is 12.1 Å². The number of tetrazole rings is 1. The minimum absolute atomic E-state index is 0.160. The highest BCUT2D eigenvalue weighted by molar-refractivity contribution is 5.60. The van der Waals surface area contributed by atoms with E-state index in [1.54, 1.807) is 43.7 Å². The summed E-state index contributed by atoms with van der Waals surface area (Å²) in [6, 6.07) is 15.2. The van der Waals surface area contributed by atoms with Crippen molar-refractivity contribution < 1.29 is 19.7 Å². The number of hydrogen-bond donors (Lipinski definition) is 3. The third-order valence-corrected chi connectivity index (χ3v) is 6.62. The van der Waals surface area contributed by atoms with E-state index >= 15 is 0 Å². The number of hydrogen-bond acceptors (Lipinski definition) is 9. The first-order valence-electron chi connectivity index (χ1n) is 11.5. The highest BCUT2D eigenvalue weighted by Crippen LogP contribution is 2.48. The van der Waals surface area contributed by atoms with Crippen molar-refractivity contribution in [2.24, 2.45) is 0 Å². The number of aromatic hydroxyl groups is 1. The molecule has 0 spiro atoms. The Morgan fingerprint density at radius 1 is 1.11 bits per heavy atom. The number of H-pyrrole nitrogens is 1. The van der Waals surface area contributed by atoms with Crippen LogP contribution in [-0.4, -0.2) is 51.8 Å². The molecule has 0 fully saturated rings. The molecule has 2 atom stereocenters. The standard InChI is InChI=1S/C25H26N6O5/c1-24(2)25(3,34)22(35-21-11-10-20(33)26-27-21)18-14-16(6-9-19(18)36-24)23-28-29-30-31(23)13-12-15-4-7-17(32)8-5-15/h4-11,14,22,32,34H,12-13H2,1-3H3,(H,26,33)/t22-,25+/m0/s1. The molecule has 2 aromatic heterocycles. The smallest absolute Gasteiger partial charge is 0.264 e. The number of aromatic amines is 1. The van der Waals surface area contributed by atoms with E-state index < -0.39 is 17.3 Å². The van der Waals surface area contributed by atoms with Crippen molar-refractivity contribution in [2.75, 3.05) is 0 Å². The lowest BCUT2D eigenvalue weighted by Crippen LogP contribution is -2.59. The Bertz CT molecular complexity index is 1420. The van der Waals surface area contributed by atoms with Gasteiger partial charge in [0, 0.05) is 29.8 Å². The Morgan fingerprint density at radius 3 is 2.61 bits per heavy atom. The number of aryl methyl sites for hydroxylation is 2. The zero-order chi connectivity index (χ0) is 25.5. The van der Waals surface area contributed by atoms with Crippen LogP contribution in [-0.2, 0) is 13.0 Å². The predicted molar refractivity (Wildman–Crippen MR) is 129 cm³/mol. The molecule has 0 unspecified atom stereocenters. The first-order chi connectivity index (χ1) is 17.1. The van der Waals surface area contributed by atoms with Crippen molar-refractivity contribution in [2.45, 2.75) is 51.0 Å². The molecule has 4 aromatic rings. The number of aliphatic hydroxyl groups is 1. The molecule has 36 heavy (non-hydrogen) atoms. The van der Waals surface area contributed by atoms with Crippen molar-refractivity contribution in [1.82, 2.24) is 30.4 Å². The number of nitrogens with one attached hydrogen (secondary N) is 1. The van der Waals surface area contributed by atoms with E-state index in [1.807, 2.05) is 24.3 Å². The van der Waals surface area contributed by atoms with Gasteiger partial charge >= 0.3 is 0 Å². The molecule has 1 aliphatic rings. The highest BCUT2D eigenvalue weighted by atomic mass is 16.6. The molecule has 11 heteroatoms. The second-order valence-electron chi connectivity index (χ2n) is 9.41. The molecule has 186 valence electrons. The van der Waals surface area contributed by atoms with E-state index in [2.05, 4.69) is 25.7 Å². The van der Waals surface area contributed by atoms with Gasteiger partial charge in [0.25, 0.3) is 5.56 Å². The number of benzene rings is 2. The van der Waals surface area contributed by atoms with Gasteiger partial charge in [-0.2, -0.15) is 0 Å². The fraction of sp³-hybridized carbons (Fsp3) is 0.320. The quantitative estimate of drug-likeness (QED) is 0.370.